The standard InChI is InChI=1S/C18H26F3N3O3/c1-17(2,3)27-16(25)24-8-6-12(7-9-24)11-26-15-13(10-22)4-5-14(23-15)18(19,20)21/h4-5,12H,6-11,22H2,1-3H3. The number of aromatic nitrogens is 1. The summed E-state index contributed by atoms with van der Waals surface area (Å²) in [5.74, 6) is 0.0348. The summed E-state index contributed by atoms with van der Waals surface area (Å²) < 4.78 is 49.4. The molecule has 0 saturated carbocycles. The molecule has 1 aliphatic heterocycles. The molecule has 0 aliphatic carbocycles. The summed E-state index contributed by atoms with van der Waals surface area (Å²) in [6.07, 6.45) is -3.54. The molecule has 1 aromatic heterocycles. The van der Waals surface area contributed by atoms with Gasteiger partial charge in [-0.3, -0.25) is 0 Å². The molecule has 0 radical (unpaired) electrons. The van der Waals surface area contributed by atoms with E-state index < -0.39 is 17.5 Å². The van der Waals surface area contributed by atoms with E-state index in [0.717, 1.165) is 6.07 Å². The Kier molecular flexibility index (Phi) is 6.56. The Morgan fingerprint density at radius 1 is 1.26 bits per heavy atom. The zero-order valence-electron chi connectivity index (χ0n) is 15.8. The number of likely N-dealkylation sites (tertiary alicyclic amines) is 1. The number of amides is 1. The van der Waals surface area contributed by atoms with Gasteiger partial charge in [0.2, 0.25) is 5.88 Å². The molecule has 2 heterocycles. The Morgan fingerprint density at radius 2 is 1.89 bits per heavy atom. The number of alkyl halides is 3. The fourth-order valence-electron chi connectivity index (χ4n) is 2.71. The third-order valence-electron chi connectivity index (χ3n) is 4.17. The van der Waals surface area contributed by atoms with Gasteiger partial charge >= 0.3 is 12.3 Å². The lowest BCUT2D eigenvalue weighted by Crippen LogP contribution is -2.42. The van der Waals surface area contributed by atoms with Crippen molar-refractivity contribution in [3.05, 3.63) is 23.4 Å². The highest BCUT2D eigenvalue weighted by Gasteiger charge is 2.33. The highest BCUT2D eigenvalue weighted by molar-refractivity contribution is 5.68. The summed E-state index contributed by atoms with van der Waals surface area (Å²) >= 11 is 0. The molecular weight excluding hydrogens is 363 g/mol. The van der Waals surface area contributed by atoms with Crippen LogP contribution in [0.3, 0.4) is 0 Å². The van der Waals surface area contributed by atoms with Gasteiger partial charge < -0.3 is 20.1 Å². The number of nitrogens with two attached hydrogens (primary N) is 1. The number of pyridine rings is 1. The number of halogens is 3. The zero-order valence-corrected chi connectivity index (χ0v) is 15.8. The number of hydrogen-bond acceptors (Lipinski definition) is 5. The fraction of sp³-hybridized carbons (Fsp3) is 0.667. The van der Waals surface area contributed by atoms with E-state index in [1.807, 2.05) is 20.8 Å². The Morgan fingerprint density at radius 3 is 2.41 bits per heavy atom. The van der Waals surface area contributed by atoms with Crippen LogP contribution in [0, 0.1) is 5.92 Å². The third-order valence-corrected chi connectivity index (χ3v) is 4.17. The van der Waals surface area contributed by atoms with Crippen LogP contribution in [0.25, 0.3) is 0 Å². The molecule has 27 heavy (non-hydrogen) atoms. The normalized spacial score (nSPS) is 16.3. The predicted molar refractivity (Wildman–Crippen MR) is 93.2 cm³/mol. The van der Waals surface area contributed by atoms with E-state index >= 15 is 0 Å². The average Bonchev–Trinajstić information content (AvgIpc) is 2.57. The molecule has 0 atom stereocenters. The lowest BCUT2D eigenvalue weighted by molar-refractivity contribution is -0.141. The lowest BCUT2D eigenvalue weighted by atomic mass is 9.98. The van der Waals surface area contributed by atoms with Crippen molar-refractivity contribution in [2.75, 3.05) is 19.7 Å². The van der Waals surface area contributed by atoms with E-state index in [4.69, 9.17) is 15.2 Å². The van der Waals surface area contributed by atoms with Crippen LogP contribution in [0.1, 0.15) is 44.9 Å². The Hall–Kier alpha value is -2.03. The summed E-state index contributed by atoms with van der Waals surface area (Å²) in [6, 6.07) is 2.19. The van der Waals surface area contributed by atoms with Crippen LogP contribution < -0.4 is 10.5 Å². The smallest absolute Gasteiger partial charge is 0.433 e. The largest absolute Gasteiger partial charge is 0.477 e. The maximum Gasteiger partial charge on any atom is 0.433 e. The minimum absolute atomic E-state index is 0.0392. The minimum atomic E-state index is -4.54. The van der Waals surface area contributed by atoms with Crippen molar-refractivity contribution in [2.45, 2.75) is 51.9 Å². The molecular formula is C18H26F3N3O3. The van der Waals surface area contributed by atoms with Crippen molar-refractivity contribution >= 4 is 6.09 Å². The summed E-state index contributed by atoms with van der Waals surface area (Å²) in [7, 11) is 0. The molecule has 0 spiro atoms. The first-order chi connectivity index (χ1) is 12.5. The Labute approximate surface area is 156 Å². The number of nitrogens with zero attached hydrogens (tertiary/aromatic N) is 2. The van der Waals surface area contributed by atoms with E-state index in [1.165, 1.54) is 6.07 Å². The van der Waals surface area contributed by atoms with Crippen LogP contribution in [-0.4, -0.2) is 41.3 Å². The van der Waals surface area contributed by atoms with Gasteiger partial charge in [0.1, 0.15) is 11.3 Å². The molecule has 0 aromatic carbocycles. The topological polar surface area (TPSA) is 77.7 Å². The first-order valence-electron chi connectivity index (χ1n) is 8.87. The third kappa shape index (κ3) is 6.27. The van der Waals surface area contributed by atoms with Gasteiger partial charge in [-0.15, -0.1) is 0 Å². The van der Waals surface area contributed by atoms with E-state index in [-0.39, 0.29) is 31.0 Å². The average molecular weight is 389 g/mol. The van der Waals surface area contributed by atoms with Gasteiger partial charge in [0.25, 0.3) is 0 Å². The van der Waals surface area contributed by atoms with Gasteiger partial charge in [-0.05, 0) is 45.6 Å². The first-order valence-corrected chi connectivity index (χ1v) is 8.87. The van der Waals surface area contributed by atoms with Crippen LogP contribution in [-0.2, 0) is 17.5 Å². The van der Waals surface area contributed by atoms with E-state index in [1.54, 1.807) is 4.90 Å². The second-order valence-electron chi connectivity index (χ2n) is 7.58. The van der Waals surface area contributed by atoms with Crippen molar-refractivity contribution in [1.82, 2.24) is 9.88 Å². The van der Waals surface area contributed by atoms with Gasteiger partial charge in [-0.2, -0.15) is 13.2 Å². The quantitative estimate of drug-likeness (QED) is 0.852. The van der Waals surface area contributed by atoms with Crippen LogP contribution >= 0.6 is 0 Å². The van der Waals surface area contributed by atoms with Gasteiger partial charge in [-0.1, -0.05) is 6.07 Å². The van der Waals surface area contributed by atoms with Crippen LogP contribution in [0.4, 0.5) is 18.0 Å². The van der Waals surface area contributed by atoms with Crippen LogP contribution in [0.2, 0.25) is 0 Å². The number of hydrogen-bond donors (Lipinski definition) is 1. The van der Waals surface area contributed by atoms with E-state index in [2.05, 4.69) is 4.98 Å². The van der Waals surface area contributed by atoms with Crippen molar-refractivity contribution in [3.8, 4) is 5.88 Å². The molecule has 1 fully saturated rings. The predicted octanol–water partition coefficient (Wildman–Crippen LogP) is 3.59. The highest BCUT2D eigenvalue weighted by Crippen LogP contribution is 2.30. The molecule has 9 heteroatoms. The molecule has 2 rings (SSSR count). The van der Waals surface area contributed by atoms with Crippen molar-refractivity contribution < 1.29 is 27.4 Å². The molecule has 2 N–H and O–H groups in total. The zero-order chi connectivity index (χ0) is 20.2. The first kappa shape index (κ1) is 21.3. The monoisotopic (exact) mass is 389 g/mol. The molecule has 0 bridgehead atoms. The van der Waals surface area contributed by atoms with Crippen LogP contribution in [0.5, 0.6) is 5.88 Å². The molecule has 6 nitrogen and oxygen atoms in total. The lowest BCUT2D eigenvalue weighted by Gasteiger charge is -2.33. The van der Waals surface area contributed by atoms with Gasteiger partial charge in [-0.25, -0.2) is 9.78 Å². The number of rotatable bonds is 4. The Bertz CT molecular complexity index is 651. The van der Waals surface area contributed by atoms with Crippen molar-refractivity contribution in [1.29, 1.82) is 0 Å². The molecule has 1 aliphatic rings. The molecule has 152 valence electrons. The maximum atomic E-state index is 12.8. The van der Waals surface area contributed by atoms with Crippen LogP contribution in [0.15, 0.2) is 12.1 Å². The Balaban J connectivity index is 1.91. The minimum Gasteiger partial charge on any atom is -0.477 e. The number of piperidine rings is 1. The molecule has 0 unspecified atom stereocenters. The number of ether oxygens (including phenoxy) is 2. The summed E-state index contributed by atoms with van der Waals surface area (Å²) in [5, 5.41) is 0. The SMILES string of the molecule is CC(C)(C)OC(=O)N1CCC(COc2nc(C(F)(F)F)ccc2CN)CC1. The second kappa shape index (κ2) is 8.33. The van der Waals surface area contributed by atoms with Gasteiger partial charge in [0.15, 0.2) is 0 Å². The molecule has 1 amide bonds. The van der Waals surface area contributed by atoms with E-state index in [0.29, 0.717) is 31.5 Å². The molecule has 1 aromatic rings. The summed E-state index contributed by atoms with van der Waals surface area (Å²) in [6.45, 7) is 6.72. The summed E-state index contributed by atoms with van der Waals surface area (Å²) in [4.78, 5) is 17.3. The summed E-state index contributed by atoms with van der Waals surface area (Å²) in [5.41, 5.74) is 4.43. The maximum absolute atomic E-state index is 12.8. The number of carbonyl (C=O) groups is 1. The second-order valence-corrected chi connectivity index (χ2v) is 7.58. The van der Waals surface area contributed by atoms with E-state index in [9.17, 15) is 18.0 Å². The van der Waals surface area contributed by atoms with Gasteiger partial charge in [0, 0.05) is 25.2 Å². The van der Waals surface area contributed by atoms with Gasteiger partial charge in [0.05, 0.1) is 6.61 Å². The van der Waals surface area contributed by atoms with Crippen molar-refractivity contribution in [3.63, 3.8) is 0 Å². The fourth-order valence-corrected chi connectivity index (χ4v) is 2.71. The molecule has 1 saturated heterocycles. The highest BCUT2D eigenvalue weighted by atomic mass is 19.4. The number of carbonyl (C=O) groups excluding carboxylic acids is 1. The van der Waals surface area contributed by atoms with Crippen molar-refractivity contribution in [2.24, 2.45) is 11.7 Å².